The molecule has 114 valence electrons. The van der Waals surface area contributed by atoms with Crippen molar-refractivity contribution in [3.63, 3.8) is 0 Å². The number of rotatable bonds is 4. The van der Waals surface area contributed by atoms with E-state index in [4.69, 9.17) is 0 Å². The third-order valence-corrected chi connectivity index (χ3v) is 4.34. The predicted molar refractivity (Wildman–Crippen MR) is 89.1 cm³/mol. The van der Waals surface area contributed by atoms with Crippen molar-refractivity contribution in [1.82, 2.24) is 0 Å². The van der Waals surface area contributed by atoms with E-state index in [1.54, 1.807) is 24.3 Å². The summed E-state index contributed by atoms with van der Waals surface area (Å²) in [5, 5.41) is 1.88. The molecule has 0 aliphatic heterocycles. The van der Waals surface area contributed by atoms with Crippen molar-refractivity contribution in [3.8, 4) is 0 Å². The van der Waals surface area contributed by atoms with E-state index in [-0.39, 0.29) is 11.6 Å². The Bertz CT molecular complexity index is 785. The van der Waals surface area contributed by atoms with Crippen LogP contribution in [0.1, 0.15) is 16.0 Å². The molecule has 3 rings (SSSR count). The van der Waals surface area contributed by atoms with Gasteiger partial charge in [-0.2, -0.15) is 0 Å². The van der Waals surface area contributed by atoms with E-state index in [0.717, 1.165) is 11.2 Å². The summed E-state index contributed by atoms with van der Waals surface area (Å²) in [6.07, 6.45) is 0.786. The lowest BCUT2D eigenvalue weighted by atomic mass is 9.92. The Morgan fingerprint density at radius 1 is 0.826 bits per heavy atom. The molecule has 0 bridgehead atoms. The Labute approximate surface area is 136 Å². The number of benzene rings is 2. The number of thiophene rings is 1. The first-order valence-electron chi connectivity index (χ1n) is 6.94. The number of hydrogen-bond acceptors (Lipinski definition) is 2. The Kier molecular flexibility index (Phi) is 4.44. The first-order chi connectivity index (χ1) is 11.2. The van der Waals surface area contributed by atoms with E-state index in [2.05, 4.69) is 0 Å². The van der Waals surface area contributed by atoms with Gasteiger partial charge in [0, 0.05) is 16.0 Å². The minimum atomic E-state index is -0.351. The van der Waals surface area contributed by atoms with E-state index < -0.39 is 0 Å². The molecule has 0 fully saturated rings. The molecule has 1 heterocycles. The number of carbonyl (C=O) groups is 1. The summed E-state index contributed by atoms with van der Waals surface area (Å²) in [5.41, 5.74) is 2.56. The second-order valence-electron chi connectivity index (χ2n) is 4.90. The average Bonchev–Trinajstić information content (AvgIpc) is 3.09. The molecule has 0 N–H and O–H groups in total. The topological polar surface area (TPSA) is 17.1 Å². The van der Waals surface area contributed by atoms with Gasteiger partial charge in [-0.1, -0.05) is 30.3 Å². The summed E-state index contributed by atoms with van der Waals surface area (Å²) >= 11 is 1.44. The molecule has 0 amide bonds. The Morgan fingerprint density at radius 3 is 1.74 bits per heavy atom. The molecule has 3 aromatic rings. The first kappa shape index (κ1) is 15.3. The predicted octanol–water partition coefficient (Wildman–Crippen LogP) is 5.18. The van der Waals surface area contributed by atoms with Crippen molar-refractivity contribution in [1.29, 1.82) is 0 Å². The van der Waals surface area contributed by atoms with Crippen LogP contribution in [0.3, 0.4) is 0 Å². The van der Waals surface area contributed by atoms with Gasteiger partial charge in [-0.3, -0.25) is 4.79 Å². The van der Waals surface area contributed by atoms with E-state index in [0.29, 0.717) is 22.3 Å². The summed E-state index contributed by atoms with van der Waals surface area (Å²) in [6, 6.07) is 15.5. The normalized spacial score (nSPS) is 10.3. The van der Waals surface area contributed by atoms with Crippen molar-refractivity contribution < 1.29 is 13.6 Å². The maximum absolute atomic E-state index is 13.2. The monoisotopic (exact) mass is 326 g/mol. The molecule has 0 saturated heterocycles. The lowest BCUT2D eigenvalue weighted by molar-refractivity contribution is -0.103. The summed E-state index contributed by atoms with van der Waals surface area (Å²) in [7, 11) is 0. The van der Waals surface area contributed by atoms with Gasteiger partial charge in [0.15, 0.2) is 6.29 Å². The average molecular weight is 326 g/mol. The van der Waals surface area contributed by atoms with Gasteiger partial charge in [0.25, 0.3) is 0 Å². The summed E-state index contributed by atoms with van der Waals surface area (Å²) < 4.78 is 26.5. The lowest BCUT2D eigenvalue weighted by Gasteiger charge is -2.12. The van der Waals surface area contributed by atoms with E-state index in [9.17, 15) is 13.6 Å². The summed E-state index contributed by atoms with van der Waals surface area (Å²) in [5.74, 6) is -0.702. The highest BCUT2D eigenvalue weighted by Crippen LogP contribution is 2.33. The van der Waals surface area contributed by atoms with Gasteiger partial charge in [-0.05, 0) is 46.8 Å². The fourth-order valence-electron chi connectivity index (χ4n) is 2.38. The van der Waals surface area contributed by atoms with Crippen molar-refractivity contribution in [2.45, 2.75) is 0 Å². The second kappa shape index (κ2) is 6.67. The molecular weight excluding hydrogens is 314 g/mol. The molecule has 1 aromatic heterocycles. The fourth-order valence-corrected chi connectivity index (χ4v) is 3.12. The standard InChI is InChI=1S/C19H12F2OS/c20-15-7-3-13(4-8-15)19(14-5-9-16(21)10-6-14)17(12-22)18-2-1-11-23-18/h1-12H. The number of hydrogen-bond donors (Lipinski definition) is 0. The zero-order chi connectivity index (χ0) is 16.2. The Morgan fingerprint density at radius 2 is 1.35 bits per heavy atom. The van der Waals surface area contributed by atoms with Crippen LogP contribution in [-0.2, 0) is 4.79 Å². The first-order valence-corrected chi connectivity index (χ1v) is 7.82. The van der Waals surface area contributed by atoms with Gasteiger partial charge in [-0.25, -0.2) is 8.78 Å². The molecule has 0 atom stereocenters. The zero-order valence-electron chi connectivity index (χ0n) is 12.0. The zero-order valence-corrected chi connectivity index (χ0v) is 12.8. The number of carbonyl (C=O) groups excluding carboxylic acids is 1. The van der Waals surface area contributed by atoms with E-state index in [1.165, 1.54) is 35.6 Å². The molecule has 0 spiro atoms. The highest BCUT2D eigenvalue weighted by Gasteiger charge is 2.14. The van der Waals surface area contributed by atoms with Gasteiger partial charge in [-0.15, -0.1) is 11.3 Å². The molecular formula is C19H12F2OS. The van der Waals surface area contributed by atoms with Gasteiger partial charge >= 0.3 is 0 Å². The summed E-state index contributed by atoms with van der Waals surface area (Å²) in [4.78, 5) is 12.5. The molecule has 0 aliphatic rings. The minimum Gasteiger partial charge on any atom is -0.298 e. The fraction of sp³-hybridized carbons (Fsp3) is 0. The third-order valence-electron chi connectivity index (χ3n) is 3.44. The Balaban J connectivity index is 2.26. The van der Waals surface area contributed by atoms with Gasteiger partial charge < -0.3 is 0 Å². The van der Waals surface area contributed by atoms with Crippen LogP contribution in [0.2, 0.25) is 0 Å². The van der Waals surface area contributed by atoms with E-state index >= 15 is 0 Å². The maximum atomic E-state index is 13.2. The maximum Gasteiger partial charge on any atom is 0.152 e. The molecule has 0 unspecified atom stereocenters. The van der Waals surface area contributed by atoms with Gasteiger partial charge in [0.05, 0.1) is 0 Å². The van der Waals surface area contributed by atoms with Crippen LogP contribution in [0.15, 0.2) is 66.0 Å². The van der Waals surface area contributed by atoms with Gasteiger partial charge in [0.1, 0.15) is 11.6 Å². The second-order valence-corrected chi connectivity index (χ2v) is 5.85. The third kappa shape index (κ3) is 3.27. The SMILES string of the molecule is O=CC(=C(c1ccc(F)cc1)c1ccc(F)cc1)c1cccs1. The van der Waals surface area contributed by atoms with Gasteiger partial charge in [0.2, 0.25) is 0 Å². The highest BCUT2D eigenvalue weighted by atomic mass is 32.1. The molecule has 0 radical (unpaired) electrons. The smallest absolute Gasteiger partial charge is 0.152 e. The number of allylic oxidation sites excluding steroid dienone is 1. The molecule has 4 heteroatoms. The van der Waals surface area contributed by atoms with Crippen molar-refractivity contribution in [3.05, 3.63) is 93.7 Å². The van der Waals surface area contributed by atoms with Crippen LogP contribution in [0, 0.1) is 11.6 Å². The van der Waals surface area contributed by atoms with Crippen LogP contribution in [-0.4, -0.2) is 6.29 Å². The Hall–Kier alpha value is -2.59. The lowest BCUT2D eigenvalue weighted by Crippen LogP contribution is -1.95. The van der Waals surface area contributed by atoms with Crippen LogP contribution in [0.25, 0.3) is 11.1 Å². The van der Waals surface area contributed by atoms with Crippen LogP contribution in [0.5, 0.6) is 0 Å². The number of aldehydes is 1. The largest absolute Gasteiger partial charge is 0.298 e. The molecule has 1 nitrogen and oxygen atoms in total. The van der Waals surface area contributed by atoms with Crippen molar-refractivity contribution >= 4 is 28.8 Å². The van der Waals surface area contributed by atoms with Crippen molar-refractivity contribution in [2.75, 3.05) is 0 Å². The quantitative estimate of drug-likeness (QED) is 0.477. The van der Waals surface area contributed by atoms with Crippen LogP contribution >= 0.6 is 11.3 Å². The van der Waals surface area contributed by atoms with Crippen LogP contribution in [0.4, 0.5) is 8.78 Å². The van der Waals surface area contributed by atoms with Crippen LogP contribution < -0.4 is 0 Å². The molecule has 2 aromatic carbocycles. The van der Waals surface area contributed by atoms with Crippen molar-refractivity contribution in [2.24, 2.45) is 0 Å². The van der Waals surface area contributed by atoms with E-state index in [1.807, 2.05) is 17.5 Å². The minimum absolute atomic E-state index is 0.351. The molecule has 0 aliphatic carbocycles. The highest BCUT2D eigenvalue weighted by molar-refractivity contribution is 7.11. The molecule has 23 heavy (non-hydrogen) atoms. The number of halogens is 2. The molecule has 0 saturated carbocycles. The summed E-state index contributed by atoms with van der Waals surface area (Å²) in [6.45, 7) is 0.